The van der Waals surface area contributed by atoms with E-state index in [1.807, 2.05) is 12.2 Å². The van der Waals surface area contributed by atoms with Gasteiger partial charge in [0.05, 0.1) is 19.3 Å². The molecule has 0 radical (unpaired) electrons. The number of amides is 5. The summed E-state index contributed by atoms with van der Waals surface area (Å²) in [4.78, 5) is 71.9. The molecular weight excluding hydrogens is 685 g/mol. The molecule has 5 aliphatic rings. The Morgan fingerprint density at radius 1 is 1.08 bits per heavy atom. The zero-order chi connectivity index (χ0) is 37.5. The number of halogens is 1. The lowest BCUT2D eigenvalue weighted by Crippen LogP contribution is -2.57. The number of carbonyl (C=O) groups excluding carboxylic acids is 5. The van der Waals surface area contributed by atoms with E-state index in [0.29, 0.717) is 42.1 Å². The highest BCUT2D eigenvalue weighted by atomic mass is 19.1. The summed E-state index contributed by atoms with van der Waals surface area (Å²) in [6.07, 6.45) is 9.01. The summed E-state index contributed by atoms with van der Waals surface area (Å²) in [6.45, 7) is 5.25. The maximum Gasteiger partial charge on any atom is 0.410 e. The number of benzene rings is 1. The van der Waals surface area contributed by atoms with Gasteiger partial charge in [0.1, 0.15) is 41.0 Å². The van der Waals surface area contributed by atoms with E-state index in [1.165, 1.54) is 15.9 Å². The Hall–Kier alpha value is -4.95. The fraction of sp³-hybridized carbons (Fsp3) is 0.579. The van der Waals surface area contributed by atoms with Gasteiger partial charge in [-0.05, 0) is 76.8 Å². The minimum atomic E-state index is -1.28. The number of rotatable bonds is 5. The molecule has 1 aromatic heterocycles. The molecule has 7 rings (SSSR count). The number of nitrogens with zero attached hydrogens (tertiary/aromatic N) is 3. The summed E-state index contributed by atoms with van der Waals surface area (Å²) < 4.78 is 25.8. The van der Waals surface area contributed by atoms with Crippen molar-refractivity contribution in [2.24, 2.45) is 5.92 Å². The zero-order valence-corrected chi connectivity index (χ0v) is 30.4. The first kappa shape index (κ1) is 36.4. The van der Waals surface area contributed by atoms with Crippen LogP contribution in [0.1, 0.15) is 101 Å². The number of ether oxygens (including phenoxy) is 2. The summed E-state index contributed by atoms with van der Waals surface area (Å²) in [5.74, 6) is -1.32. The van der Waals surface area contributed by atoms with Gasteiger partial charge in [-0.2, -0.15) is 5.10 Å². The van der Waals surface area contributed by atoms with Crippen LogP contribution < -0.4 is 16.0 Å². The molecule has 2 aliphatic carbocycles. The Morgan fingerprint density at radius 2 is 1.89 bits per heavy atom. The van der Waals surface area contributed by atoms with Crippen LogP contribution >= 0.6 is 0 Å². The molecule has 1 saturated heterocycles. The minimum absolute atomic E-state index is 0.0351. The lowest BCUT2D eigenvalue weighted by atomic mass is 10.0. The number of fused-ring (bicyclic) bond motifs is 3. The largest absolute Gasteiger partial charge is 0.444 e. The van der Waals surface area contributed by atoms with E-state index in [9.17, 15) is 28.4 Å². The fourth-order valence-electron chi connectivity index (χ4n) is 7.67. The minimum Gasteiger partial charge on any atom is -0.444 e. The Balaban J connectivity index is 1.13. The highest BCUT2D eigenvalue weighted by Gasteiger charge is 2.61. The van der Waals surface area contributed by atoms with Crippen molar-refractivity contribution >= 4 is 35.7 Å². The van der Waals surface area contributed by atoms with Crippen molar-refractivity contribution in [3.63, 3.8) is 0 Å². The lowest BCUT2D eigenvalue weighted by molar-refractivity contribution is -0.141. The molecule has 1 aromatic carbocycles. The van der Waals surface area contributed by atoms with Crippen LogP contribution in [0.25, 0.3) is 0 Å². The second-order valence-corrected chi connectivity index (χ2v) is 15.9. The molecule has 5 amide bonds. The third-order valence-corrected chi connectivity index (χ3v) is 10.7. The van der Waals surface area contributed by atoms with Crippen molar-refractivity contribution in [2.75, 3.05) is 11.9 Å². The van der Waals surface area contributed by atoms with E-state index in [2.05, 4.69) is 26.1 Å². The summed E-state index contributed by atoms with van der Waals surface area (Å²) >= 11 is 0. The molecule has 15 heteroatoms. The first-order valence-electron chi connectivity index (χ1n) is 18.7. The number of anilines is 1. The number of hydrogen-bond donors (Lipinski definition) is 4. The number of hydrogen-bond acceptors (Lipinski definition) is 8. The molecule has 3 aliphatic heterocycles. The van der Waals surface area contributed by atoms with E-state index >= 15 is 0 Å². The normalized spacial score (nSPS) is 27.4. The molecule has 53 heavy (non-hydrogen) atoms. The molecule has 0 bridgehead atoms. The van der Waals surface area contributed by atoms with Crippen LogP contribution in [0, 0.1) is 11.7 Å². The molecule has 4 heterocycles. The van der Waals surface area contributed by atoms with Crippen LogP contribution in [-0.2, 0) is 36.9 Å². The topological polar surface area (TPSA) is 175 Å². The van der Waals surface area contributed by atoms with Gasteiger partial charge < -0.3 is 30.3 Å². The van der Waals surface area contributed by atoms with E-state index in [-0.39, 0.29) is 37.9 Å². The molecule has 284 valence electrons. The number of carbonyl (C=O) groups is 5. The van der Waals surface area contributed by atoms with Gasteiger partial charge in [0.2, 0.25) is 11.8 Å². The van der Waals surface area contributed by atoms with Crippen LogP contribution in [0.15, 0.2) is 36.5 Å². The number of aromatic amines is 1. The van der Waals surface area contributed by atoms with Crippen molar-refractivity contribution in [3.05, 3.63) is 59.1 Å². The summed E-state index contributed by atoms with van der Waals surface area (Å²) in [5, 5.41) is 15.7. The summed E-state index contributed by atoms with van der Waals surface area (Å²) in [6, 6.07) is 2.55. The maximum atomic E-state index is 14.5. The number of nitrogens with one attached hydrogen (secondary N) is 4. The van der Waals surface area contributed by atoms with Gasteiger partial charge in [-0.25, -0.2) is 14.0 Å². The number of H-pyrrole nitrogens is 1. The Kier molecular flexibility index (Phi) is 9.94. The molecule has 5 atom stereocenters. The Bertz CT molecular complexity index is 1800. The highest BCUT2D eigenvalue weighted by molar-refractivity contribution is 6.04. The third-order valence-electron chi connectivity index (χ3n) is 10.7. The number of allylic oxidation sites excluding steroid dienone is 1. The molecule has 4 N–H and O–H groups in total. The molecule has 14 nitrogen and oxygen atoms in total. The second-order valence-electron chi connectivity index (χ2n) is 15.9. The first-order chi connectivity index (χ1) is 25.3. The van der Waals surface area contributed by atoms with Gasteiger partial charge in [0, 0.05) is 30.0 Å². The summed E-state index contributed by atoms with van der Waals surface area (Å²) in [7, 11) is 0. The average Bonchev–Trinajstić information content (AvgIpc) is 3.86. The van der Waals surface area contributed by atoms with E-state index in [1.54, 1.807) is 39.1 Å². The monoisotopic (exact) mass is 733 g/mol. The summed E-state index contributed by atoms with van der Waals surface area (Å²) in [5.41, 5.74) is -0.0517. The Labute approximate surface area is 307 Å². The van der Waals surface area contributed by atoms with Crippen LogP contribution in [0.5, 0.6) is 0 Å². The van der Waals surface area contributed by atoms with E-state index in [0.717, 1.165) is 37.7 Å². The van der Waals surface area contributed by atoms with E-state index < -0.39 is 59.1 Å². The van der Waals surface area contributed by atoms with Gasteiger partial charge in [-0.1, -0.05) is 37.1 Å². The highest BCUT2D eigenvalue weighted by Crippen LogP contribution is 2.47. The van der Waals surface area contributed by atoms with Crippen molar-refractivity contribution in [2.45, 2.75) is 127 Å². The molecule has 3 fully saturated rings. The SMILES string of the molecule is CC(C)(C)OC(=O)N[C@H]1CCCCCC=C[C@@H]2C[C@@]2(C(=O)Nc2[nH]ncc2C2CC2)NC(=O)[C@@H]2C[C@@H](OC(=O)N3Cc4cccc(F)c4C3)CN2C1=O. The predicted molar refractivity (Wildman–Crippen MR) is 190 cm³/mol. The fourth-order valence-corrected chi connectivity index (χ4v) is 7.67. The zero-order valence-electron chi connectivity index (χ0n) is 30.4. The second kappa shape index (κ2) is 14.5. The lowest BCUT2D eigenvalue weighted by Gasteiger charge is -2.30. The van der Waals surface area contributed by atoms with Gasteiger partial charge in [-0.15, -0.1) is 0 Å². The van der Waals surface area contributed by atoms with Crippen molar-refractivity contribution in [1.29, 1.82) is 0 Å². The number of aromatic nitrogens is 2. The van der Waals surface area contributed by atoms with Crippen LogP contribution in [0.2, 0.25) is 0 Å². The van der Waals surface area contributed by atoms with Gasteiger partial charge in [0.25, 0.3) is 5.91 Å². The molecule has 0 spiro atoms. The van der Waals surface area contributed by atoms with Crippen molar-refractivity contribution < 1.29 is 37.8 Å². The molecular formula is C38H48FN7O7. The molecule has 0 unspecified atom stereocenters. The van der Waals surface area contributed by atoms with Gasteiger partial charge >= 0.3 is 12.2 Å². The van der Waals surface area contributed by atoms with Crippen LogP contribution in [0.3, 0.4) is 0 Å². The quantitative estimate of drug-likeness (QED) is 0.318. The smallest absolute Gasteiger partial charge is 0.410 e. The number of alkyl carbamates (subject to hydrolysis) is 1. The predicted octanol–water partition coefficient (Wildman–Crippen LogP) is 4.78. The van der Waals surface area contributed by atoms with Crippen molar-refractivity contribution in [3.8, 4) is 0 Å². The third kappa shape index (κ3) is 8.03. The van der Waals surface area contributed by atoms with Gasteiger partial charge in [0.15, 0.2) is 0 Å². The molecule has 2 aromatic rings. The molecule has 2 saturated carbocycles. The van der Waals surface area contributed by atoms with Crippen LogP contribution in [-0.4, -0.2) is 85.8 Å². The van der Waals surface area contributed by atoms with E-state index in [4.69, 9.17) is 9.47 Å². The Morgan fingerprint density at radius 3 is 2.64 bits per heavy atom. The first-order valence-corrected chi connectivity index (χ1v) is 18.7. The maximum absolute atomic E-state index is 14.5. The average molecular weight is 734 g/mol. The van der Waals surface area contributed by atoms with Crippen LogP contribution in [0.4, 0.5) is 19.8 Å². The standard InChI is InChI=1S/C38H48FN7O7/c1-37(2,3)53-35(50)41-29-13-8-6-4-5-7-11-24-17-38(24,34(49)42-31-26(18-40-44-31)22-14-15-22)43-32(47)30-16-25(20-46(30)33(29)48)52-36(51)45-19-23-10-9-12-28(39)27(23)21-45/h7,9-12,18,22,24-25,29-30H,4-6,8,13-17,19-21H2,1-3H3,(H,41,50)(H,43,47)(H2,40,42,44,49)/t24-,25-,29+,30+,38-/m1/s1. The van der Waals surface area contributed by atoms with Crippen molar-refractivity contribution in [1.82, 2.24) is 30.6 Å². The van der Waals surface area contributed by atoms with Gasteiger partial charge in [-0.3, -0.25) is 24.4 Å².